The maximum absolute atomic E-state index is 6.08. The van der Waals surface area contributed by atoms with Crippen molar-refractivity contribution in [2.24, 2.45) is 5.92 Å². The molecule has 0 fully saturated rings. The molecule has 62 heavy (non-hydrogen) atoms. The monoisotopic (exact) mass is 1050 g/mol. The maximum Gasteiger partial charge on any atom is 0.141 e. The SMILES string of the molecule is CC(C)Cc1cc(-c2[c-]cccc2)nc[c]1[Ge]([CH3])([CH3])[CH3].Cc1cccc2oc3n[c-]c(-c4nc5ccccc5n4-c4c(-c5ccccc5)cccc4-c4ccccc4)cc3c12.[Ir]. The first kappa shape index (κ1) is 42.8. The number of para-hydroxylation sites is 3. The van der Waals surface area contributed by atoms with Gasteiger partial charge in [0.25, 0.3) is 0 Å². The summed E-state index contributed by atoms with van der Waals surface area (Å²) >= 11 is -1.86. The third-order valence-corrected chi connectivity index (χ3v) is 15.5. The topological polar surface area (TPSA) is 56.7 Å². The molecule has 0 saturated heterocycles. The zero-order chi connectivity index (χ0) is 42.1. The third kappa shape index (κ3) is 8.60. The van der Waals surface area contributed by atoms with Gasteiger partial charge in [-0.05, 0) is 53.4 Å². The van der Waals surface area contributed by atoms with Crippen LogP contribution < -0.4 is 4.40 Å². The fourth-order valence-corrected chi connectivity index (χ4v) is 11.7. The van der Waals surface area contributed by atoms with Gasteiger partial charge in [0.2, 0.25) is 0 Å². The van der Waals surface area contributed by atoms with Crippen LogP contribution in [0.4, 0.5) is 0 Å². The molecular formula is C55H48GeIrN4O-2. The van der Waals surface area contributed by atoms with Crippen LogP contribution in [0.5, 0.6) is 0 Å². The molecule has 0 aliphatic rings. The van der Waals surface area contributed by atoms with Gasteiger partial charge in [-0.25, -0.2) is 0 Å². The van der Waals surface area contributed by atoms with Gasteiger partial charge in [0.1, 0.15) is 11.3 Å². The smallest absolute Gasteiger partial charge is 0.141 e. The fourth-order valence-electron chi connectivity index (χ4n) is 8.36. The Kier molecular flexibility index (Phi) is 12.6. The molecule has 0 aliphatic carbocycles. The molecule has 0 unspecified atom stereocenters. The van der Waals surface area contributed by atoms with E-state index in [4.69, 9.17) is 14.4 Å². The minimum Gasteiger partial charge on any atom is -0.483 e. The molecule has 6 aromatic carbocycles. The number of rotatable bonds is 8. The Morgan fingerprint density at radius 2 is 1.37 bits per heavy atom. The van der Waals surface area contributed by atoms with Gasteiger partial charge in [-0.15, -0.1) is 6.07 Å². The van der Waals surface area contributed by atoms with E-state index in [0.717, 1.165) is 90.0 Å². The van der Waals surface area contributed by atoms with Gasteiger partial charge in [-0.3, -0.25) is 4.98 Å². The Morgan fingerprint density at radius 1 is 0.710 bits per heavy atom. The molecule has 0 spiro atoms. The molecule has 0 aliphatic heterocycles. The van der Waals surface area contributed by atoms with Crippen LogP contribution in [0.3, 0.4) is 0 Å². The van der Waals surface area contributed by atoms with Crippen molar-refractivity contribution in [2.75, 3.05) is 0 Å². The summed E-state index contributed by atoms with van der Waals surface area (Å²) in [6.07, 6.45) is 6.54. The van der Waals surface area contributed by atoms with E-state index < -0.39 is 13.3 Å². The summed E-state index contributed by atoms with van der Waals surface area (Å²) in [5, 5.41) is 2.03. The van der Waals surface area contributed by atoms with E-state index >= 15 is 0 Å². The summed E-state index contributed by atoms with van der Waals surface area (Å²) in [6, 6.07) is 57.7. The normalized spacial score (nSPS) is 11.5. The molecule has 0 amide bonds. The van der Waals surface area contributed by atoms with Crippen molar-refractivity contribution in [3.8, 4) is 50.6 Å². The first-order chi connectivity index (χ1) is 29.6. The zero-order valence-corrected chi connectivity index (χ0v) is 40.4. The largest absolute Gasteiger partial charge is 0.483 e. The minimum absolute atomic E-state index is 0. The molecule has 309 valence electrons. The second-order valence-corrected chi connectivity index (χ2v) is 27.7. The molecule has 0 N–H and O–H groups in total. The van der Waals surface area contributed by atoms with Crippen molar-refractivity contribution >= 4 is 50.8 Å². The van der Waals surface area contributed by atoms with Gasteiger partial charge < -0.3 is 14.0 Å². The minimum atomic E-state index is -1.86. The van der Waals surface area contributed by atoms with E-state index in [1.54, 1.807) is 4.40 Å². The number of fused-ring (bicyclic) bond motifs is 4. The van der Waals surface area contributed by atoms with E-state index in [9.17, 15) is 0 Å². The summed E-state index contributed by atoms with van der Waals surface area (Å²) in [7, 11) is 0. The van der Waals surface area contributed by atoms with Gasteiger partial charge >= 0.3 is 126 Å². The molecule has 0 saturated carbocycles. The Balaban J connectivity index is 0.000000214. The van der Waals surface area contributed by atoms with Crippen LogP contribution in [0, 0.1) is 25.1 Å². The van der Waals surface area contributed by atoms with Gasteiger partial charge in [-0.1, -0.05) is 109 Å². The van der Waals surface area contributed by atoms with Crippen molar-refractivity contribution in [3.05, 3.63) is 187 Å². The van der Waals surface area contributed by atoms with Crippen LogP contribution in [0.1, 0.15) is 25.0 Å². The number of benzene rings is 6. The summed E-state index contributed by atoms with van der Waals surface area (Å²) in [5.41, 5.74) is 14.5. The number of hydrogen-bond donors (Lipinski definition) is 0. The van der Waals surface area contributed by atoms with E-state index in [2.05, 4.69) is 187 Å². The van der Waals surface area contributed by atoms with E-state index in [1.165, 1.54) is 5.56 Å². The van der Waals surface area contributed by atoms with Crippen molar-refractivity contribution in [1.29, 1.82) is 0 Å². The van der Waals surface area contributed by atoms with Crippen LogP contribution in [-0.2, 0) is 26.5 Å². The first-order valence-electron chi connectivity index (χ1n) is 21.0. The van der Waals surface area contributed by atoms with Crippen molar-refractivity contribution < 1.29 is 24.5 Å². The summed E-state index contributed by atoms with van der Waals surface area (Å²) in [5.74, 6) is 8.78. The average molecular weight is 1050 g/mol. The first-order valence-corrected chi connectivity index (χ1v) is 28.4. The predicted octanol–water partition coefficient (Wildman–Crippen LogP) is 13.7. The molecular weight excluding hydrogens is 997 g/mol. The van der Waals surface area contributed by atoms with Crippen LogP contribution >= 0.6 is 0 Å². The number of pyridine rings is 2. The number of aromatic nitrogens is 4. The Hall–Kier alpha value is -5.92. The van der Waals surface area contributed by atoms with Crippen LogP contribution in [-0.4, -0.2) is 32.8 Å². The zero-order valence-electron chi connectivity index (χ0n) is 35.9. The molecule has 0 atom stereocenters. The second kappa shape index (κ2) is 18.2. The number of hydrogen-bond acceptors (Lipinski definition) is 4. The molecule has 7 heteroatoms. The Labute approximate surface area is 380 Å². The molecule has 10 rings (SSSR count). The van der Waals surface area contributed by atoms with Crippen LogP contribution in [0.2, 0.25) is 17.3 Å². The standard InChI is InChI=1S/C37H24N3O.C18H24GeN.Ir/c1-24-12-10-21-33-34(24)30-22-27(23-38-37(30)41-33)36-39-31-19-8-9-20-32(31)40(36)35-28(25-13-4-2-5-14-25)17-11-18-29(35)26-15-6-3-7-16-26;1-14(2)11-16-12-18(15-9-7-6-8-10-15)20-13-17(16)19(3,4)5;/h2-22H,1H3;6-9,12-14H,11H2,1-5H3;/q2*-1;. The molecule has 4 heterocycles. The number of nitrogens with zero attached hydrogens (tertiary/aromatic N) is 4. The van der Waals surface area contributed by atoms with Gasteiger partial charge in [0, 0.05) is 36.6 Å². The second-order valence-electron chi connectivity index (χ2n) is 17.1. The van der Waals surface area contributed by atoms with Crippen molar-refractivity contribution in [1.82, 2.24) is 19.5 Å². The fraction of sp³-hybridized carbons (Fsp3) is 0.145. The summed E-state index contributed by atoms with van der Waals surface area (Å²) < 4.78 is 9.89. The van der Waals surface area contributed by atoms with E-state index in [-0.39, 0.29) is 20.1 Å². The van der Waals surface area contributed by atoms with Crippen molar-refractivity contribution in [2.45, 2.75) is 44.5 Å². The summed E-state index contributed by atoms with van der Waals surface area (Å²) in [6.45, 7) is 6.67. The number of aryl methyl sites for hydroxylation is 1. The maximum atomic E-state index is 6.08. The molecule has 1 radical (unpaired) electrons. The van der Waals surface area contributed by atoms with Crippen molar-refractivity contribution in [3.63, 3.8) is 0 Å². The van der Waals surface area contributed by atoms with Crippen LogP contribution in [0.25, 0.3) is 83.7 Å². The average Bonchev–Trinajstić information content (AvgIpc) is 3.86. The van der Waals surface area contributed by atoms with Gasteiger partial charge in [0.15, 0.2) is 0 Å². The predicted molar refractivity (Wildman–Crippen MR) is 256 cm³/mol. The Morgan fingerprint density at radius 3 is 2.03 bits per heavy atom. The Bertz CT molecular complexity index is 3080. The summed E-state index contributed by atoms with van der Waals surface area (Å²) in [4.78, 5) is 14.5. The van der Waals surface area contributed by atoms with Gasteiger partial charge in [0.05, 0.1) is 22.5 Å². The van der Waals surface area contributed by atoms with E-state index in [0.29, 0.717) is 11.6 Å². The number of imidazole rings is 1. The quantitative estimate of drug-likeness (QED) is 0.112. The van der Waals surface area contributed by atoms with Gasteiger partial charge in [-0.2, -0.15) is 0 Å². The molecule has 10 aromatic rings. The molecule has 5 nitrogen and oxygen atoms in total. The molecule has 0 bridgehead atoms. The molecule has 4 aromatic heterocycles. The third-order valence-electron chi connectivity index (χ3n) is 11.1. The van der Waals surface area contributed by atoms with E-state index in [1.807, 2.05) is 36.4 Å². The van der Waals surface area contributed by atoms with Crippen LogP contribution in [0.15, 0.2) is 168 Å². The number of furan rings is 1.